The molecule has 0 bridgehead atoms. The van der Waals surface area contributed by atoms with E-state index in [1.54, 1.807) is 18.2 Å². The van der Waals surface area contributed by atoms with Crippen LogP contribution >= 0.6 is 0 Å². The van der Waals surface area contributed by atoms with Crippen LogP contribution < -0.4 is 28.4 Å². The standard InChI is InChI=1S/C26H24O7/c1-28-23-14-19(20(27)11-9-17-10-12-21-22(13-17)33-16-32-21)24(26(30-3)25(23)29-2)31-15-18-7-5-4-6-8-18/h4-14H,15-16H2,1-3H3/b11-9+. The maximum atomic E-state index is 13.2. The summed E-state index contributed by atoms with van der Waals surface area (Å²) in [5, 5.41) is 0. The average Bonchev–Trinajstić information content (AvgIpc) is 3.33. The molecule has 0 spiro atoms. The van der Waals surface area contributed by atoms with Crippen molar-refractivity contribution in [2.75, 3.05) is 28.1 Å². The van der Waals surface area contributed by atoms with Gasteiger partial charge < -0.3 is 28.4 Å². The Kier molecular flexibility index (Phi) is 6.69. The van der Waals surface area contributed by atoms with E-state index in [9.17, 15) is 4.79 Å². The van der Waals surface area contributed by atoms with Gasteiger partial charge in [-0.3, -0.25) is 4.79 Å². The number of hydrogen-bond donors (Lipinski definition) is 0. The third-order valence-corrected chi connectivity index (χ3v) is 5.10. The molecule has 170 valence electrons. The molecule has 1 aliphatic rings. The van der Waals surface area contributed by atoms with Crippen molar-refractivity contribution in [2.45, 2.75) is 6.61 Å². The Morgan fingerprint density at radius 2 is 1.64 bits per heavy atom. The zero-order valence-corrected chi connectivity index (χ0v) is 18.6. The van der Waals surface area contributed by atoms with Gasteiger partial charge in [0.05, 0.1) is 26.9 Å². The quantitative estimate of drug-likeness (QED) is 0.340. The van der Waals surface area contributed by atoms with Crippen LogP contribution in [-0.4, -0.2) is 33.9 Å². The highest BCUT2D eigenvalue weighted by Gasteiger charge is 2.25. The molecule has 3 aromatic carbocycles. The van der Waals surface area contributed by atoms with Crippen molar-refractivity contribution >= 4 is 11.9 Å². The zero-order chi connectivity index (χ0) is 23.2. The van der Waals surface area contributed by atoms with E-state index in [1.165, 1.54) is 27.4 Å². The molecule has 0 aromatic heterocycles. The fourth-order valence-corrected chi connectivity index (χ4v) is 3.46. The largest absolute Gasteiger partial charge is 0.493 e. The summed E-state index contributed by atoms with van der Waals surface area (Å²) in [6.45, 7) is 0.438. The number of fused-ring (bicyclic) bond motifs is 1. The fraction of sp³-hybridized carbons (Fsp3) is 0.192. The summed E-state index contributed by atoms with van der Waals surface area (Å²) in [5.41, 5.74) is 2.04. The van der Waals surface area contributed by atoms with Gasteiger partial charge in [-0.1, -0.05) is 42.5 Å². The van der Waals surface area contributed by atoms with E-state index in [1.807, 2.05) is 42.5 Å². The first-order valence-corrected chi connectivity index (χ1v) is 10.3. The SMILES string of the molecule is COc1cc(C(=O)/C=C/c2ccc3c(c2)OCO3)c(OCc2ccccc2)c(OC)c1OC. The van der Waals surface area contributed by atoms with Crippen molar-refractivity contribution in [1.29, 1.82) is 0 Å². The van der Waals surface area contributed by atoms with E-state index >= 15 is 0 Å². The van der Waals surface area contributed by atoms with Crippen molar-refractivity contribution < 1.29 is 33.2 Å². The molecule has 7 heteroatoms. The maximum Gasteiger partial charge on any atom is 0.231 e. The molecule has 0 unspecified atom stereocenters. The molecular weight excluding hydrogens is 424 g/mol. The average molecular weight is 448 g/mol. The highest BCUT2D eigenvalue weighted by molar-refractivity contribution is 6.09. The van der Waals surface area contributed by atoms with Crippen LogP contribution in [0.3, 0.4) is 0 Å². The van der Waals surface area contributed by atoms with Crippen molar-refractivity contribution in [3.63, 3.8) is 0 Å². The molecule has 0 atom stereocenters. The van der Waals surface area contributed by atoms with Gasteiger partial charge in [0.1, 0.15) is 6.61 Å². The molecule has 7 nitrogen and oxygen atoms in total. The number of carbonyl (C=O) groups is 1. The molecule has 0 amide bonds. The monoisotopic (exact) mass is 448 g/mol. The molecule has 1 heterocycles. The molecule has 33 heavy (non-hydrogen) atoms. The van der Waals surface area contributed by atoms with Crippen molar-refractivity contribution in [3.8, 4) is 34.5 Å². The Labute approximate surface area is 192 Å². The molecule has 0 radical (unpaired) electrons. The van der Waals surface area contributed by atoms with E-state index in [2.05, 4.69) is 0 Å². The highest BCUT2D eigenvalue weighted by atomic mass is 16.7. The second-order valence-electron chi connectivity index (χ2n) is 7.11. The molecule has 0 aliphatic carbocycles. The Hall–Kier alpha value is -4.13. The zero-order valence-electron chi connectivity index (χ0n) is 18.6. The van der Waals surface area contributed by atoms with Gasteiger partial charge in [-0.15, -0.1) is 0 Å². The minimum Gasteiger partial charge on any atom is -0.493 e. The third kappa shape index (κ3) is 4.72. The van der Waals surface area contributed by atoms with E-state index < -0.39 is 0 Å². The van der Waals surface area contributed by atoms with Gasteiger partial charge in [0.15, 0.2) is 28.8 Å². The Morgan fingerprint density at radius 1 is 0.879 bits per heavy atom. The van der Waals surface area contributed by atoms with E-state index in [0.717, 1.165) is 11.1 Å². The summed E-state index contributed by atoms with van der Waals surface area (Å²) >= 11 is 0. The summed E-state index contributed by atoms with van der Waals surface area (Å²) in [6, 6.07) is 16.7. The summed E-state index contributed by atoms with van der Waals surface area (Å²) in [5.74, 6) is 2.31. The lowest BCUT2D eigenvalue weighted by Gasteiger charge is -2.19. The minimum atomic E-state index is -0.282. The first-order chi connectivity index (χ1) is 16.1. The van der Waals surface area contributed by atoms with Gasteiger partial charge in [-0.2, -0.15) is 0 Å². The van der Waals surface area contributed by atoms with Crippen molar-refractivity contribution in [1.82, 2.24) is 0 Å². The van der Waals surface area contributed by atoms with Gasteiger partial charge in [0, 0.05) is 0 Å². The van der Waals surface area contributed by atoms with Crippen LogP contribution in [0, 0.1) is 0 Å². The molecule has 0 fully saturated rings. The fourth-order valence-electron chi connectivity index (χ4n) is 3.46. The van der Waals surface area contributed by atoms with Crippen molar-refractivity contribution in [3.05, 3.63) is 77.4 Å². The lowest BCUT2D eigenvalue weighted by atomic mass is 10.1. The minimum absolute atomic E-state index is 0.189. The molecule has 0 saturated carbocycles. The number of rotatable bonds is 9. The second-order valence-corrected chi connectivity index (χ2v) is 7.11. The molecule has 1 aliphatic heterocycles. The Balaban J connectivity index is 1.69. The first-order valence-electron chi connectivity index (χ1n) is 10.3. The Bertz CT molecular complexity index is 1170. The summed E-state index contributed by atoms with van der Waals surface area (Å²) < 4.78 is 33.3. The van der Waals surface area contributed by atoms with Crippen LogP contribution in [0.5, 0.6) is 34.5 Å². The molecule has 3 aromatic rings. The number of ether oxygens (including phenoxy) is 6. The summed E-state index contributed by atoms with van der Waals surface area (Å²) in [7, 11) is 4.49. The number of benzene rings is 3. The van der Waals surface area contributed by atoms with Crippen LogP contribution in [0.1, 0.15) is 21.5 Å². The Morgan fingerprint density at radius 3 is 2.36 bits per heavy atom. The van der Waals surface area contributed by atoms with Crippen LogP contribution in [0.15, 0.2) is 60.7 Å². The summed E-state index contributed by atoms with van der Waals surface area (Å²) in [6.07, 6.45) is 3.17. The number of ketones is 1. The number of methoxy groups -OCH3 is 3. The topological polar surface area (TPSA) is 72.5 Å². The van der Waals surface area contributed by atoms with Crippen molar-refractivity contribution in [2.24, 2.45) is 0 Å². The lowest BCUT2D eigenvalue weighted by Crippen LogP contribution is -2.07. The molecular formula is C26H24O7. The van der Waals surface area contributed by atoms with Gasteiger partial charge in [-0.25, -0.2) is 0 Å². The number of allylic oxidation sites excluding steroid dienone is 1. The lowest BCUT2D eigenvalue weighted by molar-refractivity contribution is 0.104. The van der Waals surface area contributed by atoms with Gasteiger partial charge in [0.2, 0.25) is 18.3 Å². The van der Waals surface area contributed by atoms with Crippen LogP contribution in [0.25, 0.3) is 6.08 Å². The predicted octanol–water partition coefficient (Wildman–Crippen LogP) is 4.92. The van der Waals surface area contributed by atoms with E-state index in [-0.39, 0.29) is 36.2 Å². The first kappa shape index (κ1) is 22.1. The van der Waals surface area contributed by atoms with E-state index in [4.69, 9.17) is 28.4 Å². The summed E-state index contributed by atoms with van der Waals surface area (Å²) in [4.78, 5) is 13.2. The number of carbonyl (C=O) groups excluding carboxylic acids is 1. The second kappa shape index (κ2) is 9.99. The normalized spacial score (nSPS) is 12.0. The number of hydrogen-bond acceptors (Lipinski definition) is 7. The van der Waals surface area contributed by atoms with Gasteiger partial charge in [-0.05, 0) is 35.4 Å². The van der Waals surface area contributed by atoms with Crippen LogP contribution in [-0.2, 0) is 6.61 Å². The molecule has 4 rings (SSSR count). The van der Waals surface area contributed by atoms with Gasteiger partial charge in [0.25, 0.3) is 0 Å². The maximum absolute atomic E-state index is 13.2. The molecule has 0 saturated heterocycles. The van der Waals surface area contributed by atoms with Crippen LogP contribution in [0.2, 0.25) is 0 Å². The van der Waals surface area contributed by atoms with E-state index in [0.29, 0.717) is 23.0 Å². The predicted molar refractivity (Wildman–Crippen MR) is 123 cm³/mol. The highest BCUT2D eigenvalue weighted by Crippen LogP contribution is 2.47. The smallest absolute Gasteiger partial charge is 0.231 e. The third-order valence-electron chi connectivity index (χ3n) is 5.10. The van der Waals surface area contributed by atoms with Gasteiger partial charge >= 0.3 is 0 Å². The molecule has 0 N–H and O–H groups in total. The van der Waals surface area contributed by atoms with Crippen LogP contribution in [0.4, 0.5) is 0 Å².